The maximum atomic E-state index is 11.8. The normalized spacial score (nSPS) is 9.89. The summed E-state index contributed by atoms with van der Waals surface area (Å²) in [4.78, 5) is 11.8. The minimum atomic E-state index is -0.425. The third-order valence-corrected chi connectivity index (χ3v) is 2.73. The van der Waals surface area contributed by atoms with E-state index in [4.69, 9.17) is 4.74 Å². The van der Waals surface area contributed by atoms with Crippen molar-refractivity contribution in [1.29, 1.82) is 0 Å². The number of carbonyl (C=O) groups excluding carboxylic acids is 1. The topological polar surface area (TPSA) is 46.5 Å². The summed E-state index contributed by atoms with van der Waals surface area (Å²) in [6.45, 7) is 3.38. The molecule has 3 heteroatoms. The smallest absolute Gasteiger partial charge is 0.343 e. The largest absolute Gasteiger partial charge is 0.508 e. The van der Waals surface area contributed by atoms with Gasteiger partial charge >= 0.3 is 5.97 Å². The Bertz CT molecular complexity index is 602. The second kappa shape index (κ2) is 5.87. The second-order valence-corrected chi connectivity index (χ2v) is 4.08. The average Bonchev–Trinajstić information content (AvgIpc) is 2.39. The lowest BCUT2D eigenvalue weighted by Crippen LogP contribution is -2.05. The monoisotopic (exact) mass is 254 g/mol. The van der Waals surface area contributed by atoms with E-state index < -0.39 is 5.97 Å². The Balaban J connectivity index is 2.30. The van der Waals surface area contributed by atoms with Crippen molar-refractivity contribution in [3.8, 4) is 5.75 Å². The fourth-order valence-corrected chi connectivity index (χ4v) is 1.90. The van der Waals surface area contributed by atoms with Crippen molar-refractivity contribution in [3.63, 3.8) is 0 Å². The summed E-state index contributed by atoms with van der Waals surface area (Å²) in [6.07, 6.45) is 1.67. The quantitative estimate of drug-likeness (QED) is 0.672. The molecule has 0 fully saturated rings. The zero-order valence-corrected chi connectivity index (χ0v) is 10.4. The molecule has 0 aliphatic carbocycles. The Morgan fingerprint density at radius 2 is 2.00 bits per heavy atom. The highest BCUT2D eigenvalue weighted by atomic mass is 16.5. The molecule has 0 aliphatic heterocycles. The summed E-state index contributed by atoms with van der Waals surface area (Å²) in [7, 11) is 0. The van der Waals surface area contributed by atoms with Gasteiger partial charge in [0.05, 0.1) is 11.8 Å². The van der Waals surface area contributed by atoms with Gasteiger partial charge in [-0.15, -0.1) is 0 Å². The molecule has 0 saturated heterocycles. The molecule has 1 N–H and O–H groups in total. The molecule has 0 aliphatic rings. The van der Waals surface area contributed by atoms with Gasteiger partial charge in [-0.2, -0.15) is 0 Å². The summed E-state index contributed by atoms with van der Waals surface area (Å²) < 4.78 is 4.81. The summed E-state index contributed by atoms with van der Waals surface area (Å²) in [5, 5.41) is 9.45. The van der Waals surface area contributed by atoms with Crippen LogP contribution in [-0.4, -0.2) is 11.1 Å². The van der Waals surface area contributed by atoms with E-state index in [2.05, 4.69) is 6.58 Å². The SMILES string of the molecule is C=COC(=O)c1ccccc1Cc1cccc(O)c1. The Morgan fingerprint density at radius 3 is 2.74 bits per heavy atom. The molecule has 2 aromatic rings. The second-order valence-electron chi connectivity index (χ2n) is 4.08. The van der Waals surface area contributed by atoms with Crippen LogP contribution in [0.3, 0.4) is 0 Å². The molecule has 0 spiro atoms. The number of hydrogen-bond donors (Lipinski definition) is 1. The number of aromatic hydroxyl groups is 1. The fourth-order valence-electron chi connectivity index (χ4n) is 1.90. The number of hydrogen-bond acceptors (Lipinski definition) is 3. The Kier molecular flexibility index (Phi) is 3.98. The van der Waals surface area contributed by atoms with E-state index in [9.17, 15) is 9.90 Å². The van der Waals surface area contributed by atoms with E-state index in [0.29, 0.717) is 12.0 Å². The van der Waals surface area contributed by atoms with Gasteiger partial charge in [-0.25, -0.2) is 4.79 Å². The van der Waals surface area contributed by atoms with Gasteiger partial charge in [0, 0.05) is 0 Å². The first-order chi connectivity index (χ1) is 9.20. The van der Waals surface area contributed by atoms with Crippen molar-refractivity contribution < 1.29 is 14.6 Å². The number of phenols is 1. The molecule has 2 aromatic carbocycles. The van der Waals surface area contributed by atoms with E-state index in [1.165, 1.54) is 0 Å². The molecular weight excluding hydrogens is 240 g/mol. The van der Waals surface area contributed by atoms with Crippen LogP contribution in [0, 0.1) is 0 Å². The predicted molar refractivity (Wildman–Crippen MR) is 73.0 cm³/mol. The van der Waals surface area contributed by atoms with Crippen molar-refractivity contribution in [2.45, 2.75) is 6.42 Å². The first kappa shape index (κ1) is 12.9. The van der Waals surface area contributed by atoms with Gasteiger partial charge in [0.15, 0.2) is 0 Å². The number of ether oxygens (including phenoxy) is 1. The molecule has 0 amide bonds. The van der Waals surface area contributed by atoms with E-state index >= 15 is 0 Å². The van der Waals surface area contributed by atoms with E-state index in [1.54, 1.807) is 30.3 Å². The van der Waals surface area contributed by atoms with Gasteiger partial charge in [-0.05, 0) is 35.7 Å². The van der Waals surface area contributed by atoms with Crippen molar-refractivity contribution in [1.82, 2.24) is 0 Å². The molecule has 0 bridgehead atoms. The Morgan fingerprint density at radius 1 is 1.21 bits per heavy atom. The zero-order valence-electron chi connectivity index (χ0n) is 10.4. The van der Waals surface area contributed by atoms with Crippen LogP contribution in [0.2, 0.25) is 0 Å². The van der Waals surface area contributed by atoms with Gasteiger partial charge in [0.25, 0.3) is 0 Å². The molecule has 19 heavy (non-hydrogen) atoms. The minimum Gasteiger partial charge on any atom is -0.508 e. The highest BCUT2D eigenvalue weighted by Crippen LogP contribution is 2.18. The first-order valence-electron chi connectivity index (χ1n) is 5.88. The molecule has 3 nitrogen and oxygen atoms in total. The van der Waals surface area contributed by atoms with Crippen LogP contribution in [0.5, 0.6) is 5.75 Å². The molecule has 2 rings (SSSR count). The highest BCUT2D eigenvalue weighted by Gasteiger charge is 2.11. The third kappa shape index (κ3) is 3.22. The van der Waals surface area contributed by atoms with Gasteiger partial charge < -0.3 is 9.84 Å². The predicted octanol–water partition coefficient (Wildman–Crippen LogP) is 3.28. The average molecular weight is 254 g/mol. The van der Waals surface area contributed by atoms with Gasteiger partial charge in [-0.1, -0.05) is 36.9 Å². The van der Waals surface area contributed by atoms with E-state index in [1.807, 2.05) is 18.2 Å². The summed E-state index contributed by atoms with van der Waals surface area (Å²) in [6, 6.07) is 14.2. The summed E-state index contributed by atoms with van der Waals surface area (Å²) in [5.41, 5.74) is 2.28. The van der Waals surface area contributed by atoms with Crippen LogP contribution >= 0.6 is 0 Å². The van der Waals surface area contributed by atoms with Gasteiger partial charge in [-0.3, -0.25) is 0 Å². The summed E-state index contributed by atoms with van der Waals surface area (Å²) in [5.74, 6) is -0.214. The summed E-state index contributed by atoms with van der Waals surface area (Å²) >= 11 is 0. The van der Waals surface area contributed by atoms with Crippen molar-refractivity contribution >= 4 is 5.97 Å². The van der Waals surface area contributed by atoms with Crippen LogP contribution < -0.4 is 0 Å². The maximum absolute atomic E-state index is 11.8. The maximum Gasteiger partial charge on any atom is 0.343 e. The van der Waals surface area contributed by atoms with Crippen molar-refractivity contribution in [2.24, 2.45) is 0 Å². The van der Waals surface area contributed by atoms with Crippen LogP contribution in [-0.2, 0) is 11.2 Å². The molecule has 0 aromatic heterocycles. The number of carbonyl (C=O) groups is 1. The number of rotatable bonds is 4. The van der Waals surface area contributed by atoms with Crippen LogP contribution in [0.1, 0.15) is 21.5 Å². The van der Waals surface area contributed by atoms with Gasteiger partial charge in [0.2, 0.25) is 0 Å². The molecule has 0 radical (unpaired) electrons. The molecule has 0 heterocycles. The van der Waals surface area contributed by atoms with Crippen LogP contribution in [0.25, 0.3) is 0 Å². The molecule has 0 atom stereocenters. The Hall–Kier alpha value is -2.55. The van der Waals surface area contributed by atoms with Crippen LogP contribution in [0.4, 0.5) is 0 Å². The Labute approximate surface area is 111 Å². The standard InChI is InChI=1S/C16H14O3/c1-2-19-16(18)15-9-4-3-7-13(15)10-12-6-5-8-14(17)11-12/h2-9,11,17H,1,10H2. The highest BCUT2D eigenvalue weighted by molar-refractivity contribution is 5.91. The molecular formula is C16H14O3. The van der Waals surface area contributed by atoms with E-state index in [0.717, 1.165) is 17.4 Å². The lowest BCUT2D eigenvalue weighted by atomic mass is 10.00. The number of phenolic OH excluding ortho intramolecular Hbond substituents is 1. The molecule has 0 saturated carbocycles. The number of benzene rings is 2. The molecule has 0 unspecified atom stereocenters. The lowest BCUT2D eigenvalue weighted by molar-refractivity contribution is 0.0663. The molecule has 96 valence electrons. The van der Waals surface area contributed by atoms with Crippen molar-refractivity contribution in [2.75, 3.05) is 0 Å². The van der Waals surface area contributed by atoms with Gasteiger partial charge in [0.1, 0.15) is 5.75 Å². The first-order valence-corrected chi connectivity index (χ1v) is 5.88. The zero-order chi connectivity index (χ0) is 13.7. The van der Waals surface area contributed by atoms with Crippen molar-refractivity contribution in [3.05, 3.63) is 78.1 Å². The third-order valence-electron chi connectivity index (χ3n) is 2.73. The fraction of sp³-hybridized carbons (Fsp3) is 0.0625. The number of esters is 1. The minimum absolute atomic E-state index is 0.212. The lowest BCUT2D eigenvalue weighted by Gasteiger charge is -2.08. The van der Waals surface area contributed by atoms with E-state index in [-0.39, 0.29) is 5.75 Å². The van der Waals surface area contributed by atoms with Crippen LogP contribution in [0.15, 0.2) is 61.4 Å².